The van der Waals surface area contributed by atoms with Crippen molar-refractivity contribution in [1.29, 1.82) is 0 Å². The lowest BCUT2D eigenvalue weighted by molar-refractivity contribution is 0.120. The van der Waals surface area contributed by atoms with Crippen LogP contribution >= 0.6 is 22.9 Å². The van der Waals surface area contributed by atoms with Crippen LogP contribution in [-0.4, -0.2) is 29.2 Å². The number of nitrogens with zero attached hydrogens (tertiary/aromatic N) is 2. The lowest BCUT2D eigenvalue weighted by atomic mass is 10.2. The van der Waals surface area contributed by atoms with Crippen LogP contribution in [0.1, 0.15) is 12.8 Å². The highest BCUT2D eigenvalue weighted by Gasteiger charge is 2.15. The highest BCUT2D eigenvalue weighted by Crippen LogP contribution is 2.26. The van der Waals surface area contributed by atoms with Crippen LogP contribution in [-0.2, 0) is 4.74 Å². The molecule has 1 N–H and O–H groups in total. The Bertz CT molecular complexity index is 524. The summed E-state index contributed by atoms with van der Waals surface area (Å²) in [5.74, 6) is 0.584. The summed E-state index contributed by atoms with van der Waals surface area (Å²) in [6.45, 7) is 1.60. The molecule has 3 heterocycles. The average molecular weight is 270 g/mol. The van der Waals surface area contributed by atoms with E-state index in [4.69, 9.17) is 16.3 Å². The summed E-state index contributed by atoms with van der Waals surface area (Å²) >= 11 is 7.65. The first-order valence-electron chi connectivity index (χ1n) is 5.59. The van der Waals surface area contributed by atoms with Gasteiger partial charge in [0.2, 0.25) is 5.95 Å². The standard InChI is InChI=1S/C11H12ClN3OS/c12-9-8-3-5-17-10(8)15-11(14-9)13-6-7-2-1-4-16-7/h3,5,7H,1-2,4,6H2,(H,13,14,15). The van der Waals surface area contributed by atoms with Crippen molar-refractivity contribution in [3.05, 3.63) is 16.6 Å². The second-order valence-corrected chi connectivity index (χ2v) is 5.25. The number of halogens is 1. The smallest absolute Gasteiger partial charge is 0.225 e. The predicted octanol–water partition coefficient (Wildman–Crippen LogP) is 2.94. The highest BCUT2D eigenvalue weighted by atomic mass is 35.5. The van der Waals surface area contributed by atoms with Gasteiger partial charge in [0.25, 0.3) is 0 Å². The van der Waals surface area contributed by atoms with Crippen molar-refractivity contribution in [2.45, 2.75) is 18.9 Å². The molecule has 0 radical (unpaired) electrons. The lowest BCUT2D eigenvalue weighted by Crippen LogP contribution is -2.19. The number of anilines is 1. The van der Waals surface area contributed by atoms with Crippen LogP contribution in [0.2, 0.25) is 5.15 Å². The van der Waals surface area contributed by atoms with E-state index in [1.807, 2.05) is 11.4 Å². The molecule has 1 aliphatic rings. The molecule has 0 spiro atoms. The number of aromatic nitrogens is 2. The van der Waals surface area contributed by atoms with Gasteiger partial charge in [-0.25, -0.2) is 9.97 Å². The number of rotatable bonds is 3. The van der Waals surface area contributed by atoms with Gasteiger partial charge >= 0.3 is 0 Å². The van der Waals surface area contributed by atoms with Gasteiger partial charge in [0.05, 0.1) is 6.10 Å². The van der Waals surface area contributed by atoms with E-state index in [0.29, 0.717) is 11.1 Å². The van der Waals surface area contributed by atoms with Crippen LogP contribution in [0.5, 0.6) is 0 Å². The highest BCUT2D eigenvalue weighted by molar-refractivity contribution is 7.16. The maximum atomic E-state index is 6.08. The molecule has 6 heteroatoms. The van der Waals surface area contributed by atoms with Gasteiger partial charge in [0.15, 0.2) is 0 Å². The molecule has 0 bridgehead atoms. The van der Waals surface area contributed by atoms with Crippen molar-refractivity contribution in [2.75, 3.05) is 18.5 Å². The van der Waals surface area contributed by atoms with E-state index in [1.165, 1.54) is 0 Å². The topological polar surface area (TPSA) is 47.0 Å². The fourth-order valence-electron chi connectivity index (χ4n) is 1.91. The van der Waals surface area contributed by atoms with Crippen molar-refractivity contribution < 1.29 is 4.74 Å². The van der Waals surface area contributed by atoms with Gasteiger partial charge in [-0.3, -0.25) is 0 Å². The van der Waals surface area contributed by atoms with E-state index in [-0.39, 0.29) is 6.10 Å². The molecule has 17 heavy (non-hydrogen) atoms. The normalized spacial score (nSPS) is 19.9. The Balaban J connectivity index is 1.75. The zero-order valence-electron chi connectivity index (χ0n) is 9.15. The summed E-state index contributed by atoms with van der Waals surface area (Å²) in [6, 6.07) is 1.94. The fourth-order valence-corrected chi connectivity index (χ4v) is 2.96. The number of ether oxygens (including phenoxy) is 1. The zero-order chi connectivity index (χ0) is 11.7. The second kappa shape index (κ2) is 4.76. The van der Waals surface area contributed by atoms with E-state index < -0.39 is 0 Å². The van der Waals surface area contributed by atoms with Crippen LogP contribution in [0.4, 0.5) is 5.95 Å². The molecule has 0 aliphatic carbocycles. The fraction of sp³-hybridized carbons (Fsp3) is 0.455. The molecular formula is C11H12ClN3OS. The van der Waals surface area contributed by atoms with Gasteiger partial charge in [-0.1, -0.05) is 11.6 Å². The minimum atomic E-state index is 0.274. The minimum absolute atomic E-state index is 0.274. The number of nitrogens with one attached hydrogen (secondary N) is 1. The van der Waals surface area contributed by atoms with E-state index in [2.05, 4.69) is 15.3 Å². The summed E-state index contributed by atoms with van der Waals surface area (Å²) in [6.07, 6.45) is 2.51. The molecule has 1 atom stereocenters. The number of hydrogen-bond donors (Lipinski definition) is 1. The summed E-state index contributed by atoms with van der Waals surface area (Å²) in [5.41, 5.74) is 0. The average Bonchev–Trinajstić information content (AvgIpc) is 2.97. The monoisotopic (exact) mass is 269 g/mol. The third-order valence-electron chi connectivity index (χ3n) is 2.79. The Morgan fingerprint density at radius 3 is 3.29 bits per heavy atom. The Hall–Kier alpha value is -0.910. The molecule has 1 saturated heterocycles. The van der Waals surface area contributed by atoms with E-state index in [0.717, 1.165) is 36.2 Å². The van der Waals surface area contributed by atoms with Gasteiger partial charge in [-0.15, -0.1) is 11.3 Å². The largest absolute Gasteiger partial charge is 0.376 e. The molecule has 90 valence electrons. The van der Waals surface area contributed by atoms with E-state index in [9.17, 15) is 0 Å². The van der Waals surface area contributed by atoms with Gasteiger partial charge in [0, 0.05) is 18.5 Å². The Morgan fingerprint density at radius 1 is 1.53 bits per heavy atom. The third kappa shape index (κ3) is 2.36. The Labute approximate surface area is 108 Å². The van der Waals surface area contributed by atoms with Gasteiger partial charge < -0.3 is 10.1 Å². The van der Waals surface area contributed by atoms with Crippen LogP contribution in [0.3, 0.4) is 0 Å². The van der Waals surface area contributed by atoms with Crippen molar-refractivity contribution >= 4 is 39.1 Å². The molecule has 0 aromatic carbocycles. The first-order valence-corrected chi connectivity index (χ1v) is 6.85. The molecule has 2 aromatic heterocycles. The molecular weight excluding hydrogens is 258 g/mol. The summed E-state index contributed by atoms with van der Waals surface area (Å²) < 4.78 is 5.53. The summed E-state index contributed by atoms with van der Waals surface area (Å²) in [7, 11) is 0. The van der Waals surface area contributed by atoms with E-state index in [1.54, 1.807) is 11.3 Å². The van der Waals surface area contributed by atoms with Crippen LogP contribution in [0.15, 0.2) is 11.4 Å². The molecule has 1 unspecified atom stereocenters. The van der Waals surface area contributed by atoms with Gasteiger partial charge in [-0.05, 0) is 24.3 Å². The van der Waals surface area contributed by atoms with Crippen LogP contribution in [0, 0.1) is 0 Å². The molecule has 4 nitrogen and oxygen atoms in total. The zero-order valence-corrected chi connectivity index (χ0v) is 10.7. The summed E-state index contributed by atoms with van der Waals surface area (Å²) in [5, 5.41) is 6.57. The molecule has 3 rings (SSSR count). The Kier molecular flexibility index (Phi) is 3.13. The summed E-state index contributed by atoms with van der Waals surface area (Å²) in [4.78, 5) is 9.56. The SMILES string of the molecule is Clc1nc(NCC2CCCO2)nc2sccc12. The van der Waals surface area contributed by atoms with Crippen LogP contribution < -0.4 is 5.32 Å². The number of thiophene rings is 1. The minimum Gasteiger partial charge on any atom is -0.376 e. The van der Waals surface area contributed by atoms with Gasteiger partial charge in [-0.2, -0.15) is 0 Å². The number of fused-ring (bicyclic) bond motifs is 1. The molecule has 0 amide bonds. The molecule has 2 aromatic rings. The van der Waals surface area contributed by atoms with Gasteiger partial charge in [0.1, 0.15) is 9.98 Å². The Morgan fingerprint density at radius 2 is 2.47 bits per heavy atom. The first kappa shape index (κ1) is 11.2. The van der Waals surface area contributed by atoms with E-state index >= 15 is 0 Å². The quantitative estimate of drug-likeness (QED) is 0.871. The van der Waals surface area contributed by atoms with Crippen LogP contribution in [0.25, 0.3) is 10.2 Å². The second-order valence-electron chi connectivity index (χ2n) is 3.99. The third-order valence-corrected chi connectivity index (χ3v) is 3.89. The predicted molar refractivity (Wildman–Crippen MR) is 69.9 cm³/mol. The maximum absolute atomic E-state index is 6.08. The molecule has 0 saturated carbocycles. The van der Waals surface area contributed by atoms with Crippen molar-refractivity contribution in [2.24, 2.45) is 0 Å². The van der Waals surface area contributed by atoms with Crippen molar-refractivity contribution in [3.63, 3.8) is 0 Å². The molecule has 1 aliphatic heterocycles. The lowest BCUT2D eigenvalue weighted by Gasteiger charge is -2.10. The first-order chi connectivity index (χ1) is 8.33. The van der Waals surface area contributed by atoms with Crippen molar-refractivity contribution in [1.82, 2.24) is 9.97 Å². The van der Waals surface area contributed by atoms with Crippen molar-refractivity contribution in [3.8, 4) is 0 Å². The maximum Gasteiger partial charge on any atom is 0.225 e. The number of hydrogen-bond acceptors (Lipinski definition) is 5. The molecule has 1 fully saturated rings.